The lowest BCUT2D eigenvalue weighted by Crippen LogP contribution is -1.88. The van der Waals surface area contributed by atoms with Crippen molar-refractivity contribution in [3.63, 3.8) is 0 Å². The number of rotatable bonds is 0. The number of hydrogen-bond donors (Lipinski definition) is 1. The zero-order chi connectivity index (χ0) is 9.38. The topological polar surface area (TPSA) is 24.4 Å². The zero-order valence-electron chi connectivity index (χ0n) is 7.40. The SMILES string of the molecule is C1=Nc2ccccc2Nc2cscc21. The minimum Gasteiger partial charge on any atom is -0.353 e. The van der Waals surface area contributed by atoms with E-state index in [1.165, 1.54) is 0 Å². The summed E-state index contributed by atoms with van der Waals surface area (Å²) in [6, 6.07) is 8.06. The summed E-state index contributed by atoms with van der Waals surface area (Å²) in [5, 5.41) is 7.56. The molecule has 2 nitrogen and oxygen atoms in total. The van der Waals surface area contributed by atoms with Crippen LogP contribution in [-0.4, -0.2) is 6.21 Å². The average molecular weight is 200 g/mol. The average Bonchev–Trinajstić information content (AvgIpc) is 2.58. The molecule has 0 saturated carbocycles. The molecule has 0 saturated heterocycles. The highest BCUT2D eigenvalue weighted by Gasteiger charge is 2.08. The quantitative estimate of drug-likeness (QED) is 0.589. The van der Waals surface area contributed by atoms with Crippen molar-refractivity contribution >= 4 is 34.6 Å². The van der Waals surface area contributed by atoms with E-state index in [9.17, 15) is 0 Å². The lowest BCUT2D eigenvalue weighted by molar-refractivity contribution is 1.52. The number of nitrogens with one attached hydrogen (secondary N) is 1. The van der Waals surface area contributed by atoms with E-state index in [-0.39, 0.29) is 0 Å². The Balaban J connectivity index is 2.19. The standard InChI is InChI=1S/C11H8N2S/c1-2-4-10-9(3-1)12-5-8-6-14-7-11(8)13-10/h1-7,13H. The largest absolute Gasteiger partial charge is 0.353 e. The minimum absolute atomic E-state index is 0.994. The van der Waals surface area contributed by atoms with E-state index in [1.54, 1.807) is 11.3 Å². The van der Waals surface area contributed by atoms with Gasteiger partial charge in [0.1, 0.15) is 0 Å². The van der Waals surface area contributed by atoms with Crippen LogP contribution in [0.5, 0.6) is 0 Å². The number of para-hydroxylation sites is 2. The highest BCUT2D eigenvalue weighted by Crippen LogP contribution is 2.33. The molecule has 1 aromatic heterocycles. The smallest absolute Gasteiger partial charge is 0.0864 e. The van der Waals surface area contributed by atoms with Gasteiger partial charge in [0.2, 0.25) is 0 Å². The van der Waals surface area contributed by atoms with Gasteiger partial charge >= 0.3 is 0 Å². The fraction of sp³-hybridized carbons (Fsp3) is 0. The maximum Gasteiger partial charge on any atom is 0.0864 e. The van der Waals surface area contributed by atoms with Crippen molar-refractivity contribution in [3.05, 3.63) is 40.6 Å². The number of thiophene rings is 1. The van der Waals surface area contributed by atoms with Crippen LogP contribution in [0.15, 0.2) is 40.0 Å². The molecule has 0 radical (unpaired) electrons. The van der Waals surface area contributed by atoms with Crippen molar-refractivity contribution in [1.29, 1.82) is 0 Å². The molecule has 0 spiro atoms. The third kappa shape index (κ3) is 1.14. The van der Waals surface area contributed by atoms with Crippen LogP contribution in [0.2, 0.25) is 0 Å². The first kappa shape index (κ1) is 7.76. The van der Waals surface area contributed by atoms with Crippen LogP contribution in [0.4, 0.5) is 17.1 Å². The van der Waals surface area contributed by atoms with E-state index in [1.807, 2.05) is 30.5 Å². The van der Waals surface area contributed by atoms with Gasteiger partial charge in [-0.15, -0.1) is 11.3 Å². The molecule has 1 aliphatic rings. The van der Waals surface area contributed by atoms with E-state index in [0.717, 1.165) is 22.6 Å². The predicted molar refractivity (Wildman–Crippen MR) is 61.3 cm³/mol. The van der Waals surface area contributed by atoms with Crippen molar-refractivity contribution in [2.75, 3.05) is 5.32 Å². The summed E-state index contributed by atoms with van der Waals surface area (Å²) < 4.78 is 0. The van der Waals surface area contributed by atoms with E-state index < -0.39 is 0 Å². The second-order valence-electron chi connectivity index (χ2n) is 3.14. The summed E-state index contributed by atoms with van der Waals surface area (Å²) in [5.41, 5.74) is 4.37. The van der Waals surface area contributed by atoms with Gasteiger partial charge in [0.25, 0.3) is 0 Å². The van der Waals surface area contributed by atoms with Crippen molar-refractivity contribution in [3.8, 4) is 0 Å². The molecule has 1 aliphatic heterocycles. The number of fused-ring (bicyclic) bond motifs is 2. The van der Waals surface area contributed by atoms with Crippen molar-refractivity contribution in [1.82, 2.24) is 0 Å². The fourth-order valence-corrected chi connectivity index (χ4v) is 2.22. The van der Waals surface area contributed by atoms with Gasteiger partial charge in [0.05, 0.1) is 17.1 Å². The van der Waals surface area contributed by atoms with E-state index >= 15 is 0 Å². The van der Waals surface area contributed by atoms with E-state index in [4.69, 9.17) is 0 Å². The molecule has 0 fully saturated rings. The Kier molecular flexibility index (Phi) is 1.64. The summed E-state index contributed by atoms with van der Waals surface area (Å²) in [5.74, 6) is 0. The summed E-state index contributed by atoms with van der Waals surface area (Å²) >= 11 is 1.69. The highest BCUT2D eigenvalue weighted by atomic mass is 32.1. The summed E-state index contributed by atoms with van der Waals surface area (Å²) in [6.45, 7) is 0. The van der Waals surface area contributed by atoms with Gasteiger partial charge in [0, 0.05) is 22.5 Å². The fourth-order valence-electron chi connectivity index (χ4n) is 1.48. The Morgan fingerprint density at radius 1 is 1.07 bits per heavy atom. The Morgan fingerprint density at radius 3 is 3.00 bits per heavy atom. The molecule has 1 N–H and O–H groups in total. The number of nitrogens with zero attached hydrogens (tertiary/aromatic N) is 1. The first-order chi connectivity index (χ1) is 6.93. The molecular weight excluding hydrogens is 192 g/mol. The third-order valence-corrected chi connectivity index (χ3v) is 2.97. The molecule has 0 unspecified atom stereocenters. The van der Waals surface area contributed by atoms with Gasteiger partial charge in [-0.25, -0.2) is 0 Å². The molecule has 0 atom stereocenters. The maximum atomic E-state index is 4.42. The normalized spacial score (nSPS) is 12.6. The minimum atomic E-state index is 0.994. The molecule has 2 aromatic rings. The molecule has 0 amide bonds. The molecule has 3 rings (SSSR count). The van der Waals surface area contributed by atoms with Gasteiger partial charge in [-0.05, 0) is 12.1 Å². The van der Waals surface area contributed by atoms with Gasteiger partial charge in [0.15, 0.2) is 0 Å². The van der Waals surface area contributed by atoms with Crippen LogP contribution in [0, 0.1) is 0 Å². The number of aliphatic imine (C=N–C) groups is 1. The summed E-state index contributed by atoms with van der Waals surface area (Å²) in [6.07, 6.45) is 1.91. The molecule has 0 aliphatic carbocycles. The number of anilines is 2. The lowest BCUT2D eigenvalue weighted by Gasteiger charge is -2.04. The first-order valence-electron chi connectivity index (χ1n) is 4.40. The van der Waals surface area contributed by atoms with Crippen molar-refractivity contribution in [2.45, 2.75) is 0 Å². The second kappa shape index (κ2) is 2.96. The van der Waals surface area contributed by atoms with Crippen LogP contribution < -0.4 is 5.32 Å². The molecule has 0 bridgehead atoms. The Morgan fingerprint density at radius 2 is 2.00 bits per heavy atom. The van der Waals surface area contributed by atoms with Crippen LogP contribution in [-0.2, 0) is 0 Å². The number of hydrogen-bond acceptors (Lipinski definition) is 3. The summed E-state index contributed by atoms with van der Waals surface area (Å²) in [4.78, 5) is 4.42. The third-order valence-electron chi connectivity index (χ3n) is 2.21. The van der Waals surface area contributed by atoms with Crippen molar-refractivity contribution < 1.29 is 0 Å². The first-order valence-corrected chi connectivity index (χ1v) is 5.34. The van der Waals surface area contributed by atoms with Crippen LogP contribution in [0.3, 0.4) is 0 Å². The maximum absolute atomic E-state index is 4.42. The van der Waals surface area contributed by atoms with E-state index in [0.29, 0.717) is 0 Å². The Hall–Kier alpha value is -1.61. The van der Waals surface area contributed by atoms with Crippen LogP contribution >= 0.6 is 11.3 Å². The molecule has 3 heteroatoms. The molecule has 14 heavy (non-hydrogen) atoms. The predicted octanol–water partition coefficient (Wildman–Crippen LogP) is 3.56. The van der Waals surface area contributed by atoms with Crippen LogP contribution in [0.1, 0.15) is 5.56 Å². The molecule has 68 valence electrons. The Bertz CT molecular complexity index is 499. The Labute approximate surface area is 85.9 Å². The van der Waals surface area contributed by atoms with Gasteiger partial charge in [-0.1, -0.05) is 12.1 Å². The lowest BCUT2D eigenvalue weighted by atomic mass is 10.2. The van der Waals surface area contributed by atoms with Crippen LogP contribution in [0.25, 0.3) is 0 Å². The number of benzene rings is 1. The van der Waals surface area contributed by atoms with Gasteiger partial charge in [-0.3, -0.25) is 4.99 Å². The summed E-state index contributed by atoms with van der Waals surface area (Å²) in [7, 11) is 0. The second-order valence-corrected chi connectivity index (χ2v) is 3.88. The molecule has 1 aromatic carbocycles. The van der Waals surface area contributed by atoms with Gasteiger partial charge in [-0.2, -0.15) is 0 Å². The molecular formula is C11H8N2S. The van der Waals surface area contributed by atoms with Gasteiger partial charge < -0.3 is 5.32 Å². The highest BCUT2D eigenvalue weighted by molar-refractivity contribution is 7.08. The van der Waals surface area contributed by atoms with Crippen molar-refractivity contribution in [2.24, 2.45) is 4.99 Å². The van der Waals surface area contributed by atoms with E-state index in [2.05, 4.69) is 21.1 Å². The monoisotopic (exact) mass is 200 g/mol. The molecule has 2 heterocycles. The zero-order valence-corrected chi connectivity index (χ0v) is 8.21.